The monoisotopic (exact) mass is 219 g/mol. The third-order valence-corrected chi connectivity index (χ3v) is 2.55. The molecule has 0 bridgehead atoms. The highest BCUT2D eigenvalue weighted by molar-refractivity contribution is 5.30. The summed E-state index contributed by atoms with van der Waals surface area (Å²) in [5, 5.41) is 21.2. The molecule has 0 fully saturated rings. The molecule has 0 radical (unpaired) electrons. The van der Waals surface area contributed by atoms with Crippen molar-refractivity contribution < 1.29 is 5.11 Å². The molecule has 1 heterocycles. The number of pyridine rings is 1. The molecule has 4 heteroatoms. The second kappa shape index (κ2) is 6.21. The number of aliphatic hydroxyl groups is 1. The number of aliphatic hydroxyl groups excluding tert-OH is 1. The van der Waals surface area contributed by atoms with Crippen LogP contribution in [0.4, 0.5) is 0 Å². The van der Waals surface area contributed by atoms with E-state index in [0.29, 0.717) is 18.2 Å². The van der Waals surface area contributed by atoms with Crippen molar-refractivity contribution in [2.75, 3.05) is 6.61 Å². The number of rotatable bonds is 5. The Morgan fingerprint density at radius 2 is 2.31 bits per heavy atom. The summed E-state index contributed by atoms with van der Waals surface area (Å²) in [5.74, 6) is 0.354. The van der Waals surface area contributed by atoms with Gasteiger partial charge >= 0.3 is 0 Å². The van der Waals surface area contributed by atoms with Gasteiger partial charge in [0.1, 0.15) is 11.8 Å². The zero-order valence-corrected chi connectivity index (χ0v) is 9.64. The van der Waals surface area contributed by atoms with Gasteiger partial charge in [-0.15, -0.1) is 0 Å². The second-order valence-corrected chi connectivity index (χ2v) is 4.04. The smallest absolute Gasteiger partial charge is 0.144 e. The van der Waals surface area contributed by atoms with Crippen LogP contribution in [0.15, 0.2) is 18.3 Å². The lowest BCUT2D eigenvalue weighted by atomic mass is 10.0. The fraction of sp³-hybridized carbons (Fsp3) is 0.500. The predicted octanol–water partition coefficient (Wildman–Crippen LogP) is 1.06. The normalized spacial score (nSPS) is 12.4. The average Bonchev–Trinajstić information content (AvgIpc) is 2.30. The maximum atomic E-state index is 9.16. The number of nitrogens with one attached hydrogen (secondary N) is 1. The lowest BCUT2D eigenvalue weighted by molar-refractivity contribution is 0.210. The molecule has 1 aromatic heterocycles. The topological polar surface area (TPSA) is 68.9 Å². The van der Waals surface area contributed by atoms with E-state index in [0.717, 1.165) is 5.56 Å². The molecule has 1 atom stereocenters. The molecule has 2 N–H and O–H groups in total. The average molecular weight is 219 g/mol. The first-order valence-electron chi connectivity index (χ1n) is 5.37. The third kappa shape index (κ3) is 3.30. The van der Waals surface area contributed by atoms with Gasteiger partial charge in [-0.1, -0.05) is 19.9 Å². The van der Waals surface area contributed by atoms with Crippen LogP contribution in [0, 0.1) is 17.2 Å². The zero-order chi connectivity index (χ0) is 12.0. The van der Waals surface area contributed by atoms with Crippen molar-refractivity contribution in [2.45, 2.75) is 26.4 Å². The predicted molar refractivity (Wildman–Crippen MR) is 61.5 cm³/mol. The van der Waals surface area contributed by atoms with Crippen molar-refractivity contribution in [1.29, 1.82) is 5.26 Å². The summed E-state index contributed by atoms with van der Waals surface area (Å²) in [7, 11) is 0. The summed E-state index contributed by atoms with van der Waals surface area (Å²) < 4.78 is 0. The van der Waals surface area contributed by atoms with E-state index in [1.165, 1.54) is 0 Å². The van der Waals surface area contributed by atoms with Crippen LogP contribution in [0.2, 0.25) is 0 Å². The Kier molecular flexibility index (Phi) is 4.90. The highest BCUT2D eigenvalue weighted by atomic mass is 16.3. The van der Waals surface area contributed by atoms with Gasteiger partial charge in [-0.3, -0.25) is 0 Å². The highest BCUT2D eigenvalue weighted by Gasteiger charge is 2.12. The number of nitrogens with zero attached hydrogens (tertiary/aromatic N) is 2. The van der Waals surface area contributed by atoms with E-state index in [9.17, 15) is 0 Å². The summed E-state index contributed by atoms with van der Waals surface area (Å²) >= 11 is 0. The molecule has 16 heavy (non-hydrogen) atoms. The largest absolute Gasteiger partial charge is 0.395 e. The van der Waals surface area contributed by atoms with Crippen LogP contribution < -0.4 is 5.32 Å². The summed E-state index contributed by atoms with van der Waals surface area (Å²) in [6, 6.07) is 5.78. The first kappa shape index (κ1) is 12.6. The molecule has 0 aliphatic rings. The van der Waals surface area contributed by atoms with Crippen molar-refractivity contribution in [1.82, 2.24) is 10.3 Å². The van der Waals surface area contributed by atoms with Gasteiger partial charge < -0.3 is 10.4 Å². The first-order valence-corrected chi connectivity index (χ1v) is 5.37. The van der Waals surface area contributed by atoms with Gasteiger partial charge in [0.15, 0.2) is 0 Å². The van der Waals surface area contributed by atoms with E-state index in [1.54, 1.807) is 12.3 Å². The van der Waals surface area contributed by atoms with Crippen molar-refractivity contribution >= 4 is 0 Å². The molecule has 1 rings (SSSR count). The van der Waals surface area contributed by atoms with E-state index in [2.05, 4.69) is 16.4 Å². The molecular weight excluding hydrogens is 202 g/mol. The maximum Gasteiger partial charge on any atom is 0.144 e. The zero-order valence-electron chi connectivity index (χ0n) is 9.64. The molecule has 4 nitrogen and oxygen atoms in total. The van der Waals surface area contributed by atoms with Crippen LogP contribution in [0.1, 0.15) is 25.1 Å². The molecule has 0 amide bonds. The second-order valence-electron chi connectivity index (χ2n) is 4.04. The van der Waals surface area contributed by atoms with E-state index >= 15 is 0 Å². The van der Waals surface area contributed by atoms with E-state index in [1.807, 2.05) is 19.9 Å². The Morgan fingerprint density at radius 3 is 2.88 bits per heavy atom. The van der Waals surface area contributed by atoms with Crippen molar-refractivity contribution in [2.24, 2.45) is 5.92 Å². The van der Waals surface area contributed by atoms with Crippen LogP contribution in [0.25, 0.3) is 0 Å². The minimum absolute atomic E-state index is 0.0479. The van der Waals surface area contributed by atoms with Gasteiger partial charge in [-0.25, -0.2) is 4.98 Å². The number of hydrogen-bond acceptors (Lipinski definition) is 4. The van der Waals surface area contributed by atoms with E-state index in [-0.39, 0.29) is 12.6 Å². The van der Waals surface area contributed by atoms with Crippen molar-refractivity contribution in [3.05, 3.63) is 29.6 Å². The molecular formula is C12H17N3O. The molecule has 86 valence electrons. The minimum atomic E-state index is 0.0479. The van der Waals surface area contributed by atoms with Crippen LogP contribution in [0.5, 0.6) is 0 Å². The fourth-order valence-electron chi connectivity index (χ4n) is 1.43. The fourth-order valence-corrected chi connectivity index (χ4v) is 1.43. The number of nitriles is 1. The molecule has 0 aliphatic carbocycles. The molecule has 0 aromatic carbocycles. The molecule has 0 spiro atoms. The Labute approximate surface area is 95.9 Å². The van der Waals surface area contributed by atoms with Gasteiger partial charge in [0.25, 0.3) is 0 Å². The first-order chi connectivity index (χ1) is 7.69. The van der Waals surface area contributed by atoms with Crippen LogP contribution in [-0.4, -0.2) is 22.7 Å². The SMILES string of the molecule is CC(C)[C@@H](CO)NCc1cccnc1C#N. The summed E-state index contributed by atoms with van der Waals surface area (Å²) in [6.07, 6.45) is 1.61. The Morgan fingerprint density at radius 1 is 1.56 bits per heavy atom. The Hall–Kier alpha value is -1.44. The molecule has 1 aromatic rings. The van der Waals surface area contributed by atoms with Crippen LogP contribution in [0.3, 0.4) is 0 Å². The van der Waals surface area contributed by atoms with Crippen LogP contribution >= 0.6 is 0 Å². The molecule has 0 saturated carbocycles. The maximum absolute atomic E-state index is 9.16. The Balaban J connectivity index is 2.64. The summed E-state index contributed by atoms with van der Waals surface area (Å²) in [4.78, 5) is 3.98. The lowest BCUT2D eigenvalue weighted by Gasteiger charge is -2.20. The van der Waals surface area contributed by atoms with Gasteiger partial charge in [0.05, 0.1) is 6.61 Å². The van der Waals surface area contributed by atoms with Crippen molar-refractivity contribution in [3.63, 3.8) is 0 Å². The number of hydrogen-bond donors (Lipinski definition) is 2. The van der Waals surface area contributed by atoms with Gasteiger partial charge in [-0.2, -0.15) is 5.26 Å². The van der Waals surface area contributed by atoms with E-state index < -0.39 is 0 Å². The molecule has 0 aliphatic heterocycles. The minimum Gasteiger partial charge on any atom is -0.395 e. The molecule has 0 unspecified atom stereocenters. The third-order valence-electron chi connectivity index (χ3n) is 2.55. The Bertz CT molecular complexity index is 371. The quantitative estimate of drug-likeness (QED) is 0.777. The summed E-state index contributed by atoms with van der Waals surface area (Å²) in [5.41, 5.74) is 1.31. The highest BCUT2D eigenvalue weighted by Crippen LogP contribution is 2.06. The summed E-state index contributed by atoms with van der Waals surface area (Å²) in [6.45, 7) is 4.74. The standard InChI is InChI=1S/C12H17N3O/c1-9(2)12(8-16)15-7-10-4-3-5-14-11(10)6-13/h3-5,9,12,15-16H,7-8H2,1-2H3/t12-/m1/s1. The lowest BCUT2D eigenvalue weighted by Crippen LogP contribution is -2.36. The van der Waals surface area contributed by atoms with Gasteiger partial charge in [-0.05, 0) is 12.0 Å². The van der Waals surface area contributed by atoms with Gasteiger partial charge in [0.2, 0.25) is 0 Å². The van der Waals surface area contributed by atoms with Crippen LogP contribution in [-0.2, 0) is 6.54 Å². The number of aromatic nitrogens is 1. The van der Waals surface area contributed by atoms with E-state index in [4.69, 9.17) is 10.4 Å². The van der Waals surface area contributed by atoms with Crippen molar-refractivity contribution in [3.8, 4) is 6.07 Å². The van der Waals surface area contributed by atoms with Gasteiger partial charge in [0, 0.05) is 24.3 Å². The molecule has 0 saturated heterocycles.